The van der Waals surface area contributed by atoms with E-state index in [1.54, 1.807) is 11.0 Å². The van der Waals surface area contributed by atoms with Gasteiger partial charge in [-0.3, -0.25) is 0 Å². The summed E-state index contributed by atoms with van der Waals surface area (Å²) in [4.78, 5) is 3.91. The van der Waals surface area contributed by atoms with Gasteiger partial charge in [0.25, 0.3) is 0 Å². The second-order valence-corrected chi connectivity index (χ2v) is 3.58. The van der Waals surface area contributed by atoms with Gasteiger partial charge in [0.15, 0.2) is 0 Å². The Kier molecular flexibility index (Phi) is 2.14. The molecule has 2 aromatic rings. The van der Waals surface area contributed by atoms with Crippen molar-refractivity contribution < 1.29 is 0 Å². The van der Waals surface area contributed by atoms with Crippen molar-refractivity contribution >= 4 is 15.9 Å². The zero-order chi connectivity index (χ0) is 9.26. The van der Waals surface area contributed by atoms with E-state index in [4.69, 9.17) is 0 Å². The lowest BCUT2D eigenvalue weighted by atomic mass is 10.2. The normalized spacial score (nSPS) is 10.3. The van der Waals surface area contributed by atoms with E-state index in [-0.39, 0.29) is 0 Å². The molecule has 3 nitrogen and oxygen atoms in total. The van der Waals surface area contributed by atoms with Crippen molar-refractivity contribution in [3.05, 3.63) is 40.9 Å². The summed E-state index contributed by atoms with van der Waals surface area (Å²) in [5, 5.41) is 4.07. The molecule has 0 aliphatic rings. The van der Waals surface area contributed by atoms with Crippen molar-refractivity contribution in [2.45, 2.75) is 6.92 Å². The van der Waals surface area contributed by atoms with Gasteiger partial charge in [-0.05, 0) is 24.6 Å². The Morgan fingerprint density at radius 3 is 2.92 bits per heavy atom. The van der Waals surface area contributed by atoms with Gasteiger partial charge < -0.3 is 0 Å². The summed E-state index contributed by atoms with van der Waals surface area (Å²) in [7, 11) is 0. The van der Waals surface area contributed by atoms with E-state index >= 15 is 0 Å². The third kappa shape index (κ3) is 1.49. The molecule has 0 aliphatic heterocycles. The Balaban J connectivity index is 2.59. The molecule has 0 radical (unpaired) electrons. The highest BCUT2D eigenvalue weighted by Crippen LogP contribution is 2.21. The molecule has 0 spiro atoms. The molecule has 13 heavy (non-hydrogen) atoms. The minimum absolute atomic E-state index is 1.05. The SMILES string of the molecule is Cc1c(Br)cccc1-n1cncn1. The third-order valence-corrected chi connectivity index (χ3v) is 2.76. The molecule has 66 valence electrons. The summed E-state index contributed by atoms with van der Waals surface area (Å²) in [6.45, 7) is 2.04. The predicted octanol–water partition coefficient (Wildman–Crippen LogP) is 2.34. The first kappa shape index (κ1) is 8.44. The summed E-state index contributed by atoms with van der Waals surface area (Å²) < 4.78 is 2.83. The van der Waals surface area contributed by atoms with Crippen LogP contribution in [-0.4, -0.2) is 14.8 Å². The molecule has 0 bridgehead atoms. The summed E-state index contributed by atoms with van der Waals surface area (Å²) in [5.41, 5.74) is 2.21. The molecule has 0 N–H and O–H groups in total. The van der Waals surface area contributed by atoms with E-state index in [0.29, 0.717) is 0 Å². The number of halogens is 1. The minimum Gasteiger partial charge on any atom is -0.223 e. The number of hydrogen-bond donors (Lipinski definition) is 0. The molecule has 0 aliphatic carbocycles. The monoisotopic (exact) mass is 237 g/mol. The summed E-state index contributed by atoms with van der Waals surface area (Å²) in [5.74, 6) is 0. The number of aromatic nitrogens is 3. The van der Waals surface area contributed by atoms with Crippen molar-refractivity contribution in [3.63, 3.8) is 0 Å². The largest absolute Gasteiger partial charge is 0.223 e. The van der Waals surface area contributed by atoms with Crippen LogP contribution in [0.3, 0.4) is 0 Å². The molecule has 0 saturated heterocycles. The molecule has 0 fully saturated rings. The Morgan fingerprint density at radius 2 is 2.23 bits per heavy atom. The van der Waals surface area contributed by atoms with Gasteiger partial charge in [0.2, 0.25) is 0 Å². The van der Waals surface area contributed by atoms with Gasteiger partial charge in [0.05, 0.1) is 5.69 Å². The van der Waals surface area contributed by atoms with Crippen LogP contribution in [0.2, 0.25) is 0 Å². The van der Waals surface area contributed by atoms with Crippen LogP contribution in [0.25, 0.3) is 5.69 Å². The number of nitrogens with zero attached hydrogens (tertiary/aromatic N) is 3. The first-order valence-electron chi connectivity index (χ1n) is 3.89. The lowest BCUT2D eigenvalue weighted by Gasteiger charge is -2.05. The molecule has 0 amide bonds. The summed E-state index contributed by atoms with van der Waals surface area (Å²) in [6, 6.07) is 6.00. The van der Waals surface area contributed by atoms with Gasteiger partial charge in [-0.25, -0.2) is 9.67 Å². The smallest absolute Gasteiger partial charge is 0.138 e. The van der Waals surface area contributed by atoms with Crippen LogP contribution in [0.15, 0.2) is 35.3 Å². The van der Waals surface area contributed by atoms with Crippen LogP contribution < -0.4 is 0 Å². The quantitative estimate of drug-likeness (QED) is 0.763. The Hall–Kier alpha value is -1.16. The molecule has 0 saturated carbocycles. The van der Waals surface area contributed by atoms with Crippen molar-refractivity contribution in [1.82, 2.24) is 14.8 Å². The van der Waals surface area contributed by atoms with Crippen LogP contribution in [0.1, 0.15) is 5.56 Å². The lowest BCUT2D eigenvalue weighted by Crippen LogP contribution is -1.97. The zero-order valence-corrected chi connectivity index (χ0v) is 8.69. The first-order chi connectivity index (χ1) is 6.29. The third-order valence-electron chi connectivity index (χ3n) is 1.90. The van der Waals surface area contributed by atoms with Crippen molar-refractivity contribution in [1.29, 1.82) is 0 Å². The molecule has 1 heterocycles. The zero-order valence-electron chi connectivity index (χ0n) is 7.11. The molecule has 2 rings (SSSR count). The fourth-order valence-electron chi connectivity index (χ4n) is 1.18. The first-order valence-corrected chi connectivity index (χ1v) is 4.68. The van der Waals surface area contributed by atoms with Gasteiger partial charge in [0, 0.05) is 4.47 Å². The van der Waals surface area contributed by atoms with Gasteiger partial charge in [-0.15, -0.1) is 0 Å². The second-order valence-electron chi connectivity index (χ2n) is 2.72. The molecule has 4 heteroatoms. The van der Waals surface area contributed by atoms with E-state index in [0.717, 1.165) is 15.7 Å². The highest BCUT2D eigenvalue weighted by Gasteiger charge is 2.03. The molecular formula is C9H8BrN3. The highest BCUT2D eigenvalue weighted by molar-refractivity contribution is 9.10. The number of hydrogen-bond acceptors (Lipinski definition) is 2. The molecular weight excluding hydrogens is 230 g/mol. The van der Waals surface area contributed by atoms with Crippen molar-refractivity contribution in [2.24, 2.45) is 0 Å². The molecule has 0 unspecified atom stereocenters. The van der Waals surface area contributed by atoms with Gasteiger partial charge in [0.1, 0.15) is 12.7 Å². The summed E-state index contributed by atoms with van der Waals surface area (Å²) in [6.07, 6.45) is 3.22. The Labute approximate surface area is 84.5 Å². The maximum atomic E-state index is 4.07. The van der Waals surface area contributed by atoms with Crippen molar-refractivity contribution in [2.75, 3.05) is 0 Å². The Bertz CT molecular complexity index is 409. The maximum Gasteiger partial charge on any atom is 0.138 e. The lowest BCUT2D eigenvalue weighted by molar-refractivity contribution is 0.870. The summed E-state index contributed by atoms with van der Waals surface area (Å²) >= 11 is 3.47. The number of benzene rings is 1. The van der Waals surface area contributed by atoms with E-state index in [1.165, 1.54) is 6.33 Å². The van der Waals surface area contributed by atoms with Crippen LogP contribution in [0.5, 0.6) is 0 Å². The van der Waals surface area contributed by atoms with E-state index in [1.807, 2.05) is 25.1 Å². The maximum absolute atomic E-state index is 4.07. The molecule has 1 aromatic heterocycles. The fraction of sp³-hybridized carbons (Fsp3) is 0.111. The van der Waals surface area contributed by atoms with Crippen molar-refractivity contribution in [3.8, 4) is 5.69 Å². The second kappa shape index (κ2) is 3.30. The average molecular weight is 238 g/mol. The van der Waals surface area contributed by atoms with Gasteiger partial charge in [-0.1, -0.05) is 22.0 Å². The van der Waals surface area contributed by atoms with Gasteiger partial charge in [-0.2, -0.15) is 5.10 Å². The van der Waals surface area contributed by atoms with E-state index < -0.39 is 0 Å². The van der Waals surface area contributed by atoms with E-state index in [2.05, 4.69) is 26.0 Å². The number of rotatable bonds is 1. The topological polar surface area (TPSA) is 30.7 Å². The van der Waals surface area contributed by atoms with Crippen LogP contribution in [0.4, 0.5) is 0 Å². The predicted molar refractivity (Wildman–Crippen MR) is 53.8 cm³/mol. The van der Waals surface area contributed by atoms with Crippen LogP contribution >= 0.6 is 15.9 Å². The van der Waals surface area contributed by atoms with Gasteiger partial charge >= 0.3 is 0 Å². The highest BCUT2D eigenvalue weighted by atomic mass is 79.9. The fourth-order valence-corrected chi connectivity index (χ4v) is 1.53. The molecule has 1 aromatic carbocycles. The molecule has 0 atom stereocenters. The average Bonchev–Trinajstić information content (AvgIpc) is 2.62. The van der Waals surface area contributed by atoms with Crippen LogP contribution in [-0.2, 0) is 0 Å². The standard InChI is InChI=1S/C9H8BrN3/c1-7-8(10)3-2-4-9(7)13-6-11-5-12-13/h2-6H,1H3. The van der Waals surface area contributed by atoms with E-state index in [9.17, 15) is 0 Å². The Morgan fingerprint density at radius 1 is 1.38 bits per heavy atom. The van der Waals surface area contributed by atoms with Crippen LogP contribution in [0, 0.1) is 6.92 Å². The minimum atomic E-state index is 1.05.